The van der Waals surface area contributed by atoms with E-state index in [0.717, 1.165) is 0 Å². The molecule has 4 N–H and O–H groups in total. The fraction of sp³-hybridized carbons (Fsp3) is 0.0400. The van der Waals surface area contributed by atoms with Gasteiger partial charge in [-0.25, -0.2) is 0 Å². The van der Waals surface area contributed by atoms with Crippen LogP contribution in [0.15, 0.2) is 82.4 Å². The fourth-order valence-electron chi connectivity index (χ4n) is 4.31. The Hall–Kier alpha value is -4.92. The maximum Gasteiger partial charge on any atom is 0.269 e. The summed E-state index contributed by atoms with van der Waals surface area (Å²) in [6, 6.07) is 18.6. The standard InChI is InChI=1S/C25H17N3O6/c29-22-15-8-1-3-10-17(15)26-24(31)20(22)19(13-6-5-7-14(12-13)28(33)34)21-23(30)16-9-2-4-11-18(16)27-25(21)32/h1-12,19H,(H2,26,29,31)(H2,27,30,32). The van der Waals surface area contributed by atoms with Gasteiger partial charge in [0.2, 0.25) is 0 Å². The molecular weight excluding hydrogens is 438 g/mol. The predicted molar refractivity (Wildman–Crippen MR) is 127 cm³/mol. The number of aromatic hydroxyl groups is 2. The lowest BCUT2D eigenvalue weighted by Crippen LogP contribution is -2.24. The Labute approximate surface area is 190 Å². The van der Waals surface area contributed by atoms with E-state index in [1.54, 1.807) is 48.5 Å². The van der Waals surface area contributed by atoms with Crippen LogP contribution in [0, 0.1) is 10.1 Å². The van der Waals surface area contributed by atoms with Gasteiger partial charge in [0.15, 0.2) is 0 Å². The molecule has 5 aromatic rings. The maximum absolute atomic E-state index is 13.2. The number of fused-ring (bicyclic) bond motifs is 2. The van der Waals surface area contributed by atoms with Gasteiger partial charge in [-0.2, -0.15) is 0 Å². The molecule has 0 bridgehead atoms. The van der Waals surface area contributed by atoms with Crippen molar-refractivity contribution in [1.82, 2.24) is 9.97 Å². The van der Waals surface area contributed by atoms with Gasteiger partial charge < -0.3 is 20.2 Å². The minimum atomic E-state index is -1.30. The van der Waals surface area contributed by atoms with Crippen molar-refractivity contribution in [3.63, 3.8) is 0 Å². The molecule has 0 fully saturated rings. The summed E-state index contributed by atoms with van der Waals surface area (Å²) in [5.74, 6) is -2.08. The highest BCUT2D eigenvalue weighted by molar-refractivity contribution is 5.88. The van der Waals surface area contributed by atoms with Crippen LogP contribution in [0.4, 0.5) is 5.69 Å². The predicted octanol–water partition coefficient (Wildman–Crippen LogP) is 3.87. The quantitative estimate of drug-likeness (QED) is 0.239. The van der Waals surface area contributed by atoms with Crippen LogP contribution in [0.3, 0.4) is 0 Å². The van der Waals surface area contributed by atoms with E-state index in [0.29, 0.717) is 21.8 Å². The number of aromatic nitrogens is 2. The van der Waals surface area contributed by atoms with Crippen LogP contribution < -0.4 is 11.1 Å². The average molecular weight is 455 g/mol. The summed E-state index contributed by atoms with van der Waals surface area (Å²) in [6.07, 6.45) is 0. The average Bonchev–Trinajstić information content (AvgIpc) is 2.83. The Balaban J connectivity index is 1.92. The molecule has 0 aliphatic carbocycles. The van der Waals surface area contributed by atoms with E-state index in [4.69, 9.17) is 0 Å². The zero-order valence-electron chi connectivity index (χ0n) is 17.5. The van der Waals surface area contributed by atoms with E-state index >= 15 is 0 Å². The van der Waals surface area contributed by atoms with Crippen molar-refractivity contribution >= 4 is 27.5 Å². The second-order valence-corrected chi connectivity index (χ2v) is 7.81. The molecule has 168 valence electrons. The van der Waals surface area contributed by atoms with Crippen molar-refractivity contribution < 1.29 is 15.1 Å². The molecule has 2 aromatic heterocycles. The third-order valence-electron chi connectivity index (χ3n) is 5.85. The van der Waals surface area contributed by atoms with Crippen LogP contribution in [0.1, 0.15) is 22.6 Å². The summed E-state index contributed by atoms with van der Waals surface area (Å²) in [5.41, 5.74) is -1.14. The van der Waals surface area contributed by atoms with Crippen LogP contribution in [0.25, 0.3) is 21.8 Å². The number of nitro benzene ring substituents is 1. The fourth-order valence-corrected chi connectivity index (χ4v) is 4.31. The van der Waals surface area contributed by atoms with Crippen molar-refractivity contribution in [2.45, 2.75) is 5.92 Å². The summed E-state index contributed by atoms with van der Waals surface area (Å²) >= 11 is 0. The molecule has 0 atom stereocenters. The van der Waals surface area contributed by atoms with Crippen LogP contribution in [-0.4, -0.2) is 25.1 Å². The zero-order chi connectivity index (χ0) is 24.0. The van der Waals surface area contributed by atoms with Gasteiger partial charge in [0.25, 0.3) is 16.8 Å². The molecule has 9 nitrogen and oxygen atoms in total. The first-order valence-electron chi connectivity index (χ1n) is 10.3. The number of para-hydroxylation sites is 2. The number of aromatic amines is 2. The van der Waals surface area contributed by atoms with Gasteiger partial charge in [0, 0.05) is 22.9 Å². The molecule has 9 heteroatoms. The van der Waals surface area contributed by atoms with Crippen molar-refractivity contribution in [2.75, 3.05) is 0 Å². The van der Waals surface area contributed by atoms with Crippen molar-refractivity contribution in [3.8, 4) is 11.5 Å². The van der Waals surface area contributed by atoms with Gasteiger partial charge in [-0.15, -0.1) is 0 Å². The second-order valence-electron chi connectivity index (χ2n) is 7.81. The van der Waals surface area contributed by atoms with Crippen LogP contribution >= 0.6 is 0 Å². The van der Waals surface area contributed by atoms with E-state index in [-0.39, 0.29) is 33.9 Å². The lowest BCUT2D eigenvalue weighted by atomic mass is 9.84. The zero-order valence-corrected chi connectivity index (χ0v) is 17.5. The van der Waals surface area contributed by atoms with E-state index < -0.39 is 22.0 Å². The molecule has 0 aliphatic heterocycles. The second kappa shape index (κ2) is 7.89. The van der Waals surface area contributed by atoms with Gasteiger partial charge in [0.05, 0.1) is 33.0 Å². The molecule has 3 aromatic carbocycles. The summed E-state index contributed by atoms with van der Waals surface area (Å²) in [5, 5.41) is 34.4. The van der Waals surface area contributed by atoms with E-state index in [1.807, 2.05) is 0 Å². The first-order valence-corrected chi connectivity index (χ1v) is 10.3. The summed E-state index contributed by atoms with van der Waals surface area (Å²) < 4.78 is 0. The molecule has 0 saturated carbocycles. The molecule has 0 saturated heterocycles. The monoisotopic (exact) mass is 455 g/mol. The van der Waals surface area contributed by atoms with Gasteiger partial charge in [-0.1, -0.05) is 36.4 Å². The number of nitro groups is 1. The van der Waals surface area contributed by atoms with E-state index in [9.17, 15) is 29.9 Å². The van der Waals surface area contributed by atoms with Gasteiger partial charge >= 0.3 is 0 Å². The number of nitrogens with zero attached hydrogens (tertiary/aromatic N) is 1. The highest BCUT2D eigenvalue weighted by Gasteiger charge is 2.31. The van der Waals surface area contributed by atoms with Crippen molar-refractivity contribution in [3.05, 3.63) is 120 Å². The number of nitrogens with one attached hydrogen (secondary N) is 2. The SMILES string of the molecule is O=c1[nH]c2ccccc2c(O)c1C(c1cccc([N+](=O)[O-])c1)c1c(O)c2ccccc2[nH]c1=O. The third kappa shape index (κ3) is 3.27. The van der Waals surface area contributed by atoms with Gasteiger partial charge in [-0.05, 0) is 29.8 Å². The number of rotatable bonds is 4. The molecule has 2 heterocycles. The first kappa shape index (κ1) is 21.0. The van der Waals surface area contributed by atoms with Crippen LogP contribution in [0.2, 0.25) is 0 Å². The maximum atomic E-state index is 13.2. The van der Waals surface area contributed by atoms with Crippen molar-refractivity contribution in [1.29, 1.82) is 0 Å². The number of H-pyrrole nitrogens is 2. The summed E-state index contributed by atoms with van der Waals surface area (Å²) in [7, 11) is 0. The van der Waals surface area contributed by atoms with E-state index in [2.05, 4.69) is 9.97 Å². The highest BCUT2D eigenvalue weighted by atomic mass is 16.6. The highest BCUT2D eigenvalue weighted by Crippen LogP contribution is 2.41. The molecule has 0 amide bonds. The summed E-state index contributed by atoms with van der Waals surface area (Å²) in [6.45, 7) is 0. The smallest absolute Gasteiger partial charge is 0.269 e. The number of hydrogen-bond acceptors (Lipinski definition) is 6. The molecule has 34 heavy (non-hydrogen) atoms. The van der Waals surface area contributed by atoms with Crippen molar-refractivity contribution in [2.24, 2.45) is 0 Å². The van der Waals surface area contributed by atoms with Gasteiger partial charge in [-0.3, -0.25) is 19.7 Å². The van der Waals surface area contributed by atoms with Gasteiger partial charge in [0.1, 0.15) is 11.5 Å². The summed E-state index contributed by atoms with van der Waals surface area (Å²) in [4.78, 5) is 42.6. The Morgan fingerprint density at radius 3 is 1.74 bits per heavy atom. The van der Waals surface area contributed by atoms with E-state index in [1.165, 1.54) is 24.3 Å². The molecule has 0 spiro atoms. The molecule has 5 rings (SSSR count). The third-order valence-corrected chi connectivity index (χ3v) is 5.85. The molecular formula is C25H17N3O6. The Kier molecular flexibility index (Phi) is 4.86. The topological polar surface area (TPSA) is 149 Å². The normalized spacial score (nSPS) is 11.3. The Morgan fingerprint density at radius 2 is 1.24 bits per heavy atom. The molecule has 0 aliphatic rings. The number of non-ortho nitro benzene ring substituents is 1. The lowest BCUT2D eigenvalue weighted by Gasteiger charge is -2.20. The van der Waals surface area contributed by atoms with Crippen LogP contribution in [-0.2, 0) is 0 Å². The lowest BCUT2D eigenvalue weighted by molar-refractivity contribution is -0.384. The van der Waals surface area contributed by atoms with Crippen LogP contribution in [0.5, 0.6) is 11.5 Å². The largest absolute Gasteiger partial charge is 0.507 e. The minimum Gasteiger partial charge on any atom is -0.507 e. The Morgan fingerprint density at radius 1 is 0.735 bits per heavy atom. The first-order chi connectivity index (χ1) is 16.4. The Bertz CT molecular complexity index is 1620. The molecule has 0 radical (unpaired) electrons. The minimum absolute atomic E-state index is 0.182. The number of hydrogen-bond donors (Lipinski definition) is 4. The number of pyridine rings is 2. The molecule has 0 unspecified atom stereocenters. The number of benzene rings is 3.